The van der Waals surface area contributed by atoms with Crippen molar-refractivity contribution in [3.8, 4) is 5.88 Å². The van der Waals surface area contributed by atoms with Gasteiger partial charge in [-0.15, -0.1) is 11.8 Å². The zero-order chi connectivity index (χ0) is 26.2. The molecule has 1 aliphatic heterocycles. The molecule has 1 N–H and O–H groups in total. The fourth-order valence-corrected chi connectivity index (χ4v) is 5.88. The van der Waals surface area contributed by atoms with Gasteiger partial charge in [0.1, 0.15) is 5.82 Å². The molecule has 5 rings (SSSR count). The van der Waals surface area contributed by atoms with E-state index in [1.54, 1.807) is 31.0 Å². The normalized spacial score (nSPS) is 18.5. The lowest BCUT2D eigenvalue weighted by atomic mass is 9.71. The topological polar surface area (TPSA) is 54.7 Å². The average Bonchev–Trinajstić information content (AvgIpc) is 2.88. The van der Waals surface area contributed by atoms with Gasteiger partial charge < -0.3 is 9.84 Å². The van der Waals surface area contributed by atoms with Crippen LogP contribution in [0.25, 0.3) is 10.9 Å². The molecule has 0 fully saturated rings. The average molecular weight is 535 g/mol. The number of methoxy groups -OCH3 is 1. The Kier molecular flexibility index (Phi) is 7.26. The second-order valence-electron chi connectivity index (χ2n) is 9.45. The number of pyridine rings is 1. The third kappa shape index (κ3) is 5.11. The minimum atomic E-state index is -1.18. The summed E-state index contributed by atoms with van der Waals surface area (Å²) in [5.41, 5.74) is 3.75. The lowest BCUT2D eigenvalue weighted by Crippen LogP contribution is -2.43. The maximum absolute atomic E-state index is 13.8. The van der Waals surface area contributed by atoms with Crippen LogP contribution in [0.1, 0.15) is 41.0 Å². The quantitative estimate of drug-likeness (QED) is 0.265. The number of benzene rings is 3. The SMILES string of the molecule is COc1nc2ccc(Cl)cc2cc1C(c1ccc(SC)cc1)C1(O)CCN=C(c2ccc(F)cc2C)C1. The van der Waals surface area contributed by atoms with E-state index in [1.165, 1.54) is 12.1 Å². The molecule has 1 aliphatic rings. The third-order valence-corrected chi connectivity index (χ3v) is 8.06. The highest BCUT2D eigenvalue weighted by Crippen LogP contribution is 2.45. The number of hydrogen-bond acceptors (Lipinski definition) is 5. The molecule has 37 heavy (non-hydrogen) atoms. The summed E-state index contributed by atoms with van der Waals surface area (Å²) >= 11 is 7.98. The van der Waals surface area contributed by atoms with Crippen LogP contribution in [0, 0.1) is 12.7 Å². The fourth-order valence-electron chi connectivity index (χ4n) is 5.29. The molecule has 1 aromatic heterocycles. The summed E-state index contributed by atoms with van der Waals surface area (Å²) in [7, 11) is 1.60. The molecule has 0 aliphatic carbocycles. The number of fused-ring (bicyclic) bond motifs is 1. The van der Waals surface area contributed by atoms with Crippen LogP contribution in [-0.4, -0.2) is 41.3 Å². The number of aromatic nitrogens is 1. The Bertz CT molecular complexity index is 1490. The summed E-state index contributed by atoms with van der Waals surface area (Å²) in [6.07, 6.45) is 2.81. The molecule has 2 heterocycles. The van der Waals surface area contributed by atoms with E-state index in [9.17, 15) is 9.50 Å². The van der Waals surface area contributed by atoms with Crippen molar-refractivity contribution in [3.05, 3.63) is 99.8 Å². The molecule has 0 radical (unpaired) electrons. The predicted octanol–water partition coefficient (Wildman–Crippen LogP) is 7.21. The number of ether oxygens (including phenoxy) is 1. The lowest BCUT2D eigenvalue weighted by molar-refractivity contribution is 0.0202. The summed E-state index contributed by atoms with van der Waals surface area (Å²) in [5.74, 6) is -0.268. The van der Waals surface area contributed by atoms with Crippen molar-refractivity contribution in [1.82, 2.24) is 4.98 Å². The van der Waals surface area contributed by atoms with E-state index in [1.807, 2.05) is 31.4 Å². The molecule has 3 aromatic carbocycles. The van der Waals surface area contributed by atoms with Crippen LogP contribution in [0.4, 0.5) is 4.39 Å². The third-order valence-electron chi connectivity index (χ3n) is 7.08. The number of hydrogen-bond donors (Lipinski definition) is 1. The van der Waals surface area contributed by atoms with Gasteiger partial charge in [0.25, 0.3) is 0 Å². The molecule has 0 saturated carbocycles. The van der Waals surface area contributed by atoms with E-state index in [2.05, 4.69) is 24.3 Å². The minimum absolute atomic E-state index is 0.287. The summed E-state index contributed by atoms with van der Waals surface area (Å²) in [5, 5.41) is 13.9. The highest BCUT2D eigenvalue weighted by molar-refractivity contribution is 7.98. The van der Waals surface area contributed by atoms with Crippen LogP contribution in [0.5, 0.6) is 5.88 Å². The molecule has 0 spiro atoms. The number of aliphatic hydroxyl groups is 1. The Morgan fingerprint density at radius 2 is 1.86 bits per heavy atom. The van der Waals surface area contributed by atoms with Crippen molar-refractivity contribution in [3.63, 3.8) is 0 Å². The summed E-state index contributed by atoms with van der Waals surface area (Å²) in [4.78, 5) is 10.7. The molecule has 7 heteroatoms. The maximum Gasteiger partial charge on any atom is 0.217 e. The first-order valence-corrected chi connectivity index (χ1v) is 13.7. The number of rotatable bonds is 6. The van der Waals surface area contributed by atoms with E-state index < -0.39 is 11.5 Å². The van der Waals surface area contributed by atoms with E-state index in [-0.39, 0.29) is 5.82 Å². The Morgan fingerprint density at radius 1 is 1.08 bits per heavy atom. The maximum atomic E-state index is 13.8. The van der Waals surface area contributed by atoms with Gasteiger partial charge in [-0.05, 0) is 90.9 Å². The van der Waals surface area contributed by atoms with E-state index in [4.69, 9.17) is 26.3 Å². The number of aliphatic imine (C=N–C) groups is 1. The Balaban J connectivity index is 1.67. The number of thioether (sulfide) groups is 1. The predicted molar refractivity (Wildman–Crippen MR) is 150 cm³/mol. The number of aryl methyl sites for hydroxylation is 1. The zero-order valence-electron chi connectivity index (χ0n) is 21.0. The van der Waals surface area contributed by atoms with Gasteiger partial charge in [0, 0.05) is 45.5 Å². The van der Waals surface area contributed by atoms with Gasteiger partial charge in [-0.1, -0.05) is 23.7 Å². The zero-order valence-corrected chi connectivity index (χ0v) is 22.5. The smallest absolute Gasteiger partial charge is 0.217 e. The van der Waals surface area contributed by atoms with Gasteiger partial charge in [-0.2, -0.15) is 0 Å². The van der Waals surface area contributed by atoms with Gasteiger partial charge in [-0.3, -0.25) is 4.99 Å². The van der Waals surface area contributed by atoms with Crippen LogP contribution in [0.15, 0.2) is 76.6 Å². The first-order valence-electron chi connectivity index (χ1n) is 12.1. The van der Waals surface area contributed by atoms with Crippen molar-refractivity contribution in [2.24, 2.45) is 4.99 Å². The van der Waals surface area contributed by atoms with Crippen LogP contribution < -0.4 is 4.74 Å². The highest BCUT2D eigenvalue weighted by atomic mass is 35.5. The van der Waals surface area contributed by atoms with Crippen LogP contribution in [-0.2, 0) is 0 Å². The van der Waals surface area contributed by atoms with Crippen molar-refractivity contribution in [1.29, 1.82) is 0 Å². The first-order chi connectivity index (χ1) is 17.8. The molecule has 190 valence electrons. The van der Waals surface area contributed by atoms with Gasteiger partial charge in [-0.25, -0.2) is 9.37 Å². The van der Waals surface area contributed by atoms with Crippen molar-refractivity contribution >= 4 is 40.0 Å². The minimum Gasteiger partial charge on any atom is -0.481 e. The Hall–Kier alpha value is -2.93. The molecule has 4 nitrogen and oxygen atoms in total. The van der Waals surface area contributed by atoms with Gasteiger partial charge in [0.05, 0.1) is 18.2 Å². The lowest BCUT2D eigenvalue weighted by Gasteiger charge is -2.40. The largest absolute Gasteiger partial charge is 0.481 e. The second kappa shape index (κ2) is 10.4. The molecule has 2 unspecified atom stereocenters. The van der Waals surface area contributed by atoms with Gasteiger partial charge in [0.15, 0.2) is 0 Å². The highest BCUT2D eigenvalue weighted by Gasteiger charge is 2.43. The van der Waals surface area contributed by atoms with Crippen molar-refractivity contribution in [2.75, 3.05) is 19.9 Å². The van der Waals surface area contributed by atoms with Crippen molar-refractivity contribution < 1.29 is 14.2 Å². The Labute approximate surface area is 225 Å². The van der Waals surface area contributed by atoms with Gasteiger partial charge in [0.2, 0.25) is 5.88 Å². The molecule has 0 amide bonds. The van der Waals surface area contributed by atoms with E-state index in [0.717, 1.165) is 43.8 Å². The molecular weight excluding hydrogens is 507 g/mol. The van der Waals surface area contributed by atoms with Gasteiger partial charge >= 0.3 is 0 Å². The fraction of sp³-hybridized carbons (Fsp3) is 0.267. The summed E-state index contributed by atoms with van der Waals surface area (Å²) in [6, 6.07) is 20.5. The monoisotopic (exact) mass is 534 g/mol. The van der Waals surface area contributed by atoms with Crippen molar-refractivity contribution in [2.45, 2.75) is 36.2 Å². The standard InChI is InChI=1S/C30H28ClFN2O2S/c1-18-14-22(32)7-10-24(18)27-17-30(35,12-13-33-27)28(19-4-8-23(37-3)9-5-19)25-16-20-15-21(31)6-11-26(20)34-29(25)36-2/h4-11,14-16,28,35H,12-13,17H2,1-3H3. The first kappa shape index (κ1) is 25.7. The Morgan fingerprint density at radius 3 is 2.57 bits per heavy atom. The molecule has 4 aromatic rings. The molecule has 0 bridgehead atoms. The molecule has 0 saturated heterocycles. The van der Waals surface area contributed by atoms with Crippen LogP contribution in [0.3, 0.4) is 0 Å². The summed E-state index contributed by atoms with van der Waals surface area (Å²) in [6.45, 7) is 2.32. The molecule has 2 atom stereocenters. The summed E-state index contributed by atoms with van der Waals surface area (Å²) < 4.78 is 19.6. The molecular formula is C30H28ClFN2O2S. The second-order valence-corrected chi connectivity index (χ2v) is 10.8. The number of nitrogens with zero attached hydrogens (tertiary/aromatic N) is 2. The van der Waals surface area contributed by atoms with E-state index >= 15 is 0 Å². The van der Waals surface area contributed by atoms with E-state index in [0.29, 0.717) is 30.3 Å². The van der Waals surface area contributed by atoms with Crippen LogP contribution >= 0.6 is 23.4 Å². The van der Waals surface area contributed by atoms with Crippen LogP contribution in [0.2, 0.25) is 5.02 Å². The number of halogens is 2.